The first-order valence-electron chi connectivity index (χ1n) is 5.50. The van der Waals surface area contributed by atoms with Gasteiger partial charge in [0.15, 0.2) is 0 Å². The largest absolute Gasteiger partial charge is 1.00 e. The monoisotopic (exact) mass is 368 g/mol. The van der Waals surface area contributed by atoms with Crippen molar-refractivity contribution in [2.75, 3.05) is 13.1 Å². The first-order chi connectivity index (χ1) is 10.3. The molecule has 0 radical (unpaired) electrons. The molecule has 0 heterocycles. The fourth-order valence-corrected chi connectivity index (χ4v) is 0. The minimum atomic E-state index is -0.833. The van der Waals surface area contributed by atoms with Crippen molar-refractivity contribution in [3.05, 3.63) is 0 Å². The van der Waals surface area contributed by atoms with Crippen LogP contribution in [0.15, 0.2) is 0 Å². The summed E-state index contributed by atoms with van der Waals surface area (Å²) >= 11 is 0. The Morgan fingerprint density at radius 2 is 0.792 bits per heavy atom. The van der Waals surface area contributed by atoms with Gasteiger partial charge < -0.3 is 41.8 Å². The predicted molar refractivity (Wildman–Crippen MR) is 77.4 cm³/mol. The van der Waals surface area contributed by atoms with Crippen molar-refractivity contribution in [1.29, 1.82) is 0 Å². The van der Waals surface area contributed by atoms with E-state index in [0.29, 0.717) is 13.1 Å². The molecule has 0 aromatic carbocycles. The molecule has 0 unspecified atom stereocenters. The summed E-state index contributed by atoms with van der Waals surface area (Å²) in [5, 5.41) is 37.9. The molecule has 140 valence electrons. The number of carboxylic acid groups (broad SMARTS) is 5. The van der Waals surface area contributed by atoms with Gasteiger partial charge in [0.1, 0.15) is 0 Å². The van der Waals surface area contributed by atoms with E-state index in [9.17, 15) is 0 Å². The van der Waals surface area contributed by atoms with E-state index in [1.807, 2.05) is 0 Å². The molecule has 0 saturated carbocycles. The summed E-state index contributed by atoms with van der Waals surface area (Å²) in [5.74, 6) is -3.33. The second kappa shape index (κ2) is 49.6. The smallest absolute Gasteiger partial charge is 0.554 e. The van der Waals surface area contributed by atoms with Crippen LogP contribution in [-0.4, -0.2) is 63.9 Å². The van der Waals surface area contributed by atoms with E-state index in [4.69, 9.17) is 61.0 Å². The second-order valence-corrected chi connectivity index (χ2v) is 2.75. The molecule has 0 aliphatic carbocycles. The van der Waals surface area contributed by atoms with Gasteiger partial charge in [-0.3, -0.25) is 19.2 Å². The summed E-state index contributed by atoms with van der Waals surface area (Å²) < 4.78 is 0. The molecule has 0 amide bonds. The summed E-state index contributed by atoms with van der Waals surface area (Å²) in [5.41, 5.74) is 9.81. The summed E-state index contributed by atoms with van der Waals surface area (Å²) in [4.78, 5) is 44.2. The molecule has 0 saturated heterocycles. The molecule has 0 rings (SSSR count). The Morgan fingerprint density at radius 3 is 0.792 bits per heavy atom. The third kappa shape index (κ3) is 14100. The molecule has 12 nitrogen and oxygen atoms in total. The Balaban J connectivity index is -0.0000000287. The molecule has 0 aliphatic rings. The minimum Gasteiger partial charge on any atom is -0.554 e. The molecule has 8 N–H and O–H groups in total. The van der Waals surface area contributed by atoms with E-state index in [0.717, 1.165) is 27.7 Å². The van der Waals surface area contributed by atoms with Crippen LogP contribution in [0.1, 0.15) is 27.7 Å². The molecule has 0 fully saturated rings. The van der Waals surface area contributed by atoms with Gasteiger partial charge in [-0.1, -0.05) is 0 Å². The van der Waals surface area contributed by atoms with Crippen LogP contribution >= 0.6 is 0 Å². The van der Waals surface area contributed by atoms with E-state index in [2.05, 4.69) is 0 Å². The Labute approximate surface area is 161 Å². The van der Waals surface area contributed by atoms with Crippen molar-refractivity contribution in [1.82, 2.24) is 0 Å². The summed E-state index contributed by atoms with van der Waals surface area (Å²) in [7, 11) is 0. The normalized spacial score (nSPS) is 5.92. The number of aliphatic carboxylic acids is 4. The molecule has 0 bridgehead atoms. The fourth-order valence-electron chi connectivity index (χ4n) is 0. The number of carboxylic acids is 4. The van der Waals surface area contributed by atoms with Crippen molar-refractivity contribution >= 4 is 30.3 Å². The SMILES string of the molecule is CC(=O)O.CC(=O)O.CC(=O)O.CC(=O)O.NCCN.O=C[O-].[Na+]. The molecule has 0 spiro atoms. The Bertz CT molecular complexity index is 235. The maximum atomic E-state index is 9.00. The van der Waals surface area contributed by atoms with E-state index in [1.165, 1.54) is 0 Å². The van der Waals surface area contributed by atoms with Crippen LogP contribution in [0.25, 0.3) is 0 Å². The van der Waals surface area contributed by atoms with Crippen molar-refractivity contribution < 1.29 is 79.1 Å². The average Bonchev–Trinajstić information content (AvgIpc) is 2.26. The maximum Gasteiger partial charge on any atom is 1.00 e. The van der Waals surface area contributed by atoms with Crippen LogP contribution < -0.4 is 46.1 Å². The zero-order chi connectivity index (χ0) is 20.4. The van der Waals surface area contributed by atoms with E-state index < -0.39 is 30.3 Å². The van der Waals surface area contributed by atoms with Crippen LogP contribution in [0.5, 0.6) is 0 Å². The van der Waals surface area contributed by atoms with Gasteiger partial charge in [-0.15, -0.1) is 0 Å². The maximum absolute atomic E-state index is 9.00. The molecule has 0 aromatic heterocycles. The molecule has 0 aromatic rings. The van der Waals surface area contributed by atoms with Gasteiger partial charge in [-0.2, -0.15) is 0 Å². The van der Waals surface area contributed by atoms with Crippen LogP contribution in [0.2, 0.25) is 0 Å². The van der Waals surface area contributed by atoms with E-state index in [-0.39, 0.29) is 29.6 Å². The van der Waals surface area contributed by atoms with Crippen LogP contribution in [0, 0.1) is 0 Å². The van der Waals surface area contributed by atoms with Crippen LogP contribution in [0.3, 0.4) is 0 Å². The van der Waals surface area contributed by atoms with Gasteiger partial charge in [-0.25, -0.2) is 0 Å². The van der Waals surface area contributed by atoms with Crippen molar-refractivity contribution in [2.45, 2.75) is 27.7 Å². The number of rotatable bonds is 1. The van der Waals surface area contributed by atoms with Crippen molar-refractivity contribution in [2.24, 2.45) is 11.5 Å². The molecule has 0 atom stereocenters. The van der Waals surface area contributed by atoms with Gasteiger partial charge in [0.25, 0.3) is 23.9 Å². The summed E-state index contributed by atoms with van der Waals surface area (Å²) in [6, 6.07) is 0. The molecule has 13 heteroatoms. The Kier molecular flexibility index (Phi) is 89.4. The van der Waals surface area contributed by atoms with Gasteiger partial charge >= 0.3 is 29.6 Å². The molecule has 24 heavy (non-hydrogen) atoms. The number of carbonyl (C=O) groups is 5. The Morgan fingerprint density at radius 1 is 0.750 bits per heavy atom. The Hall–Kier alpha value is -1.73. The van der Waals surface area contributed by atoms with Crippen molar-refractivity contribution in [3.63, 3.8) is 0 Å². The first kappa shape index (κ1) is 43.2. The summed E-state index contributed by atoms with van der Waals surface area (Å²) in [6.45, 7) is 5.03. The van der Waals surface area contributed by atoms with Crippen LogP contribution in [0.4, 0.5) is 0 Å². The molecular weight excluding hydrogens is 343 g/mol. The second-order valence-electron chi connectivity index (χ2n) is 2.75. The number of carbonyl (C=O) groups excluding carboxylic acids is 1. The molecule has 0 aliphatic heterocycles. The van der Waals surface area contributed by atoms with Crippen LogP contribution in [-0.2, 0) is 24.0 Å². The predicted octanol–water partition coefficient (Wildman–Crippen LogP) is -5.36. The third-order valence-corrected chi connectivity index (χ3v) is 0.167. The number of hydrogen-bond acceptors (Lipinski definition) is 8. The minimum absolute atomic E-state index is 0. The van der Waals surface area contributed by atoms with E-state index in [1.54, 1.807) is 0 Å². The first-order valence-corrected chi connectivity index (χ1v) is 5.50. The third-order valence-electron chi connectivity index (χ3n) is 0.167. The van der Waals surface area contributed by atoms with Gasteiger partial charge in [0, 0.05) is 47.3 Å². The fraction of sp³-hybridized carbons (Fsp3) is 0.545. The quantitative estimate of drug-likeness (QED) is 0.188. The number of hydrogen-bond donors (Lipinski definition) is 6. The zero-order valence-corrected chi connectivity index (χ0v) is 16.4. The number of nitrogens with two attached hydrogens (primary N) is 2. The van der Waals surface area contributed by atoms with E-state index >= 15 is 0 Å². The standard InChI is InChI=1S/C2H8N2.4C2H4O2.CH2O2.Na/c3-1-2-4;4*1-2(3)4;2-1-3;/h1-4H2;4*1H3,(H,3,4);1H,(H,2,3);/q;;;;;;+1/p-1. The van der Waals surface area contributed by atoms with Gasteiger partial charge in [0.05, 0.1) is 0 Å². The average molecular weight is 368 g/mol. The van der Waals surface area contributed by atoms with Gasteiger partial charge in [0.2, 0.25) is 0 Å². The topological polar surface area (TPSA) is 241 Å². The van der Waals surface area contributed by atoms with Crippen molar-refractivity contribution in [3.8, 4) is 0 Å². The molecular formula is C11H25N2NaO10. The van der Waals surface area contributed by atoms with Gasteiger partial charge in [-0.05, 0) is 0 Å². The zero-order valence-electron chi connectivity index (χ0n) is 14.4. The summed E-state index contributed by atoms with van der Waals surface area (Å²) in [6.07, 6.45) is 0.